The molecule has 0 aromatic heterocycles. The molecule has 1 N–H and O–H groups in total. The number of nitrogens with zero attached hydrogens (tertiary/aromatic N) is 1. The summed E-state index contributed by atoms with van der Waals surface area (Å²) in [6, 6.07) is 10.4. The van der Waals surface area contributed by atoms with E-state index in [9.17, 15) is 31.2 Å². The maximum absolute atomic E-state index is 12.8. The molecule has 0 saturated carbocycles. The number of sulfonamides is 1. The van der Waals surface area contributed by atoms with Crippen molar-refractivity contribution in [3.05, 3.63) is 65.2 Å². The SMILES string of the molecule is CCOC(=O)CN(Cc1ccc(C(F)(F)F)cc1)C(=O)CCc1ccc(S(=O)(=O)NC)cc1. The summed E-state index contributed by atoms with van der Waals surface area (Å²) in [7, 11) is -2.27. The fraction of sp³-hybridized carbons (Fsp3) is 0.364. The maximum atomic E-state index is 12.8. The molecule has 0 fully saturated rings. The quantitative estimate of drug-likeness (QED) is 0.521. The number of amides is 1. The molecule has 2 rings (SSSR count). The van der Waals surface area contributed by atoms with E-state index in [0.29, 0.717) is 11.1 Å². The number of aryl methyl sites for hydroxylation is 1. The van der Waals surface area contributed by atoms with Crippen molar-refractivity contribution in [1.29, 1.82) is 0 Å². The molecule has 1 amide bonds. The molecule has 0 aliphatic rings. The summed E-state index contributed by atoms with van der Waals surface area (Å²) in [4.78, 5) is 26.0. The Hall–Kier alpha value is -2.92. The van der Waals surface area contributed by atoms with E-state index < -0.39 is 33.6 Å². The van der Waals surface area contributed by atoms with E-state index in [1.165, 1.54) is 36.2 Å². The second-order valence-corrected chi connectivity index (χ2v) is 8.99. The summed E-state index contributed by atoms with van der Waals surface area (Å²) < 4.78 is 69.0. The van der Waals surface area contributed by atoms with Crippen LogP contribution in [0.4, 0.5) is 13.2 Å². The van der Waals surface area contributed by atoms with Gasteiger partial charge >= 0.3 is 12.1 Å². The van der Waals surface area contributed by atoms with Gasteiger partial charge in [-0.25, -0.2) is 13.1 Å². The lowest BCUT2D eigenvalue weighted by molar-refractivity contribution is -0.149. The lowest BCUT2D eigenvalue weighted by Crippen LogP contribution is -2.36. The van der Waals surface area contributed by atoms with Crippen LogP contribution in [0.15, 0.2) is 53.4 Å². The molecule has 0 radical (unpaired) electrons. The van der Waals surface area contributed by atoms with Crippen molar-refractivity contribution in [3.63, 3.8) is 0 Å². The first-order chi connectivity index (χ1) is 15.5. The van der Waals surface area contributed by atoms with E-state index >= 15 is 0 Å². The summed E-state index contributed by atoms with van der Waals surface area (Å²) in [5.74, 6) is -1.02. The van der Waals surface area contributed by atoms with Gasteiger partial charge in [0.2, 0.25) is 15.9 Å². The fourth-order valence-electron chi connectivity index (χ4n) is 2.98. The van der Waals surface area contributed by atoms with E-state index in [-0.39, 0.29) is 37.4 Å². The summed E-state index contributed by atoms with van der Waals surface area (Å²) in [5, 5.41) is 0. The fourth-order valence-corrected chi connectivity index (χ4v) is 3.71. The Morgan fingerprint density at radius 2 is 1.58 bits per heavy atom. The molecule has 0 heterocycles. The summed E-state index contributed by atoms with van der Waals surface area (Å²) in [6.45, 7) is 1.35. The molecule has 2 aromatic carbocycles. The highest BCUT2D eigenvalue weighted by molar-refractivity contribution is 7.89. The van der Waals surface area contributed by atoms with E-state index in [4.69, 9.17) is 4.74 Å². The number of carbonyl (C=O) groups is 2. The molecule has 2 aromatic rings. The molecule has 0 bridgehead atoms. The Balaban J connectivity index is 2.09. The number of hydrogen-bond acceptors (Lipinski definition) is 5. The van der Waals surface area contributed by atoms with Crippen LogP contribution in [-0.4, -0.2) is 45.4 Å². The van der Waals surface area contributed by atoms with Crippen LogP contribution in [0.25, 0.3) is 0 Å². The van der Waals surface area contributed by atoms with Gasteiger partial charge in [-0.05, 0) is 55.8 Å². The predicted octanol–water partition coefficient (Wildman–Crippen LogP) is 3.14. The van der Waals surface area contributed by atoms with Crippen molar-refractivity contribution in [2.45, 2.75) is 37.4 Å². The van der Waals surface area contributed by atoms with Crippen LogP contribution in [0, 0.1) is 0 Å². The van der Waals surface area contributed by atoms with Crippen LogP contribution in [0.3, 0.4) is 0 Å². The number of hydrogen-bond donors (Lipinski definition) is 1. The third-order valence-corrected chi connectivity index (χ3v) is 6.19. The van der Waals surface area contributed by atoms with Crippen molar-refractivity contribution in [2.75, 3.05) is 20.2 Å². The zero-order valence-corrected chi connectivity index (χ0v) is 19.0. The monoisotopic (exact) mass is 486 g/mol. The minimum atomic E-state index is -4.47. The number of ether oxygens (including phenoxy) is 1. The lowest BCUT2D eigenvalue weighted by atomic mass is 10.1. The van der Waals surface area contributed by atoms with E-state index in [1.54, 1.807) is 19.1 Å². The van der Waals surface area contributed by atoms with Crippen LogP contribution in [-0.2, 0) is 43.5 Å². The molecular formula is C22H25F3N2O5S. The van der Waals surface area contributed by atoms with Gasteiger partial charge in [-0.1, -0.05) is 24.3 Å². The van der Waals surface area contributed by atoms with Gasteiger partial charge in [-0.3, -0.25) is 9.59 Å². The Kier molecular flexibility index (Phi) is 9.00. The highest BCUT2D eigenvalue weighted by atomic mass is 32.2. The van der Waals surface area contributed by atoms with Gasteiger partial charge in [0.15, 0.2) is 0 Å². The van der Waals surface area contributed by atoms with Crippen LogP contribution in [0.5, 0.6) is 0 Å². The Morgan fingerprint density at radius 3 is 2.09 bits per heavy atom. The third kappa shape index (κ3) is 7.86. The molecule has 0 saturated heterocycles. The second-order valence-electron chi connectivity index (χ2n) is 7.10. The van der Waals surface area contributed by atoms with E-state index in [0.717, 1.165) is 12.1 Å². The zero-order chi connectivity index (χ0) is 24.6. The molecule has 33 heavy (non-hydrogen) atoms. The van der Waals surface area contributed by atoms with Gasteiger partial charge in [0.25, 0.3) is 0 Å². The van der Waals surface area contributed by atoms with E-state index in [1.807, 2.05) is 0 Å². The van der Waals surface area contributed by atoms with Crippen molar-refractivity contribution in [2.24, 2.45) is 0 Å². The second kappa shape index (κ2) is 11.3. The molecular weight excluding hydrogens is 461 g/mol. The summed E-state index contributed by atoms with van der Waals surface area (Å²) in [5.41, 5.74) is 0.338. The van der Waals surface area contributed by atoms with Crippen molar-refractivity contribution < 1.29 is 35.9 Å². The molecule has 7 nitrogen and oxygen atoms in total. The summed E-state index contributed by atoms with van der Waals surface area (Å²) in [6.07, 6.45) is -4.18. The van der Waals surface area contributed by atoms with Gasteiger partial charge < -0.3 is 9.64 Å². The molecule has 0 spiro atoms. The summed E-state index contributed by atoms with van der Waals surface area (Å²) >= 11 is 0. The number of halogens is 3. The molecule has 0 atom stereocenters. The average Bonchev–Trinajstić information content (AvgIpc) is 2.77. The normalized spacial score (nSPS) is 11.8. The van der Waals surface area contributed by atoms with Gasteiger partial charge in [0, 0.05) is 13.0 Å². The number of nitrogens with one attached hydrogen (secondary N) is 1. The number of carbonyl (C=O) groups excluding carboxylic acids is 2. The standard InChI is InChI=1S/C22H25F3N2O5S/c1-3-32-21(29)15-27(14-17-4-9-18(10-5-17)22(23,24)25)20(28)13-8-16-6-11-19(12-7-16)33(30,31)26-2/h4-7,9-12,26H,3,8,13-15H2,1-2H3. The maximum Gasteiger partial charge on any atom is 0.416 e. The molecule has 180 valence electrons. The topological polar surface area (TPSA) is 92.8 Å². The lowest BCUT2D eigenvalue weighted by Gasteiger charge is -2.22. The number of benzene rings is 2. The molecule has 11 heteroatoms. The predicted molar refractivity (Wildman–Crippen MR) is 115 cm³/mol. The minimum absolute atomic E-state index is 0.0121. The molecule has 0 aliphatic heterocycles. The van der Waals surface area contributed by atoms with Gasteiger partial charge in [-0.15, -0.1) is 0 Å². The highest BCUT2D eigenvalue weighted by Crippen LogP contribution is 2.29. The van der Waals surface area contributed by atoms with Crippen LogP contribution < -0.4 is 4.72 Å². The van der Waals surface area contributed by atoms with Gasteiger partial charge in [-0.2, -0.15) is 13.2 Å². The first-order valence-electron chi connectivity index (χ1n) is 10.1. The van der Waals surface area contributed by atoms with Crippen LogP contribution in [0.2, 0.25) is 0 Å². The van der Waals surface area contributed by atoms with Gasteiger partial charge in [0.1, 0.15) is 6.54 Å². The number of esters is 1. The zero-order valence-electron chi connectivity index (χ0n) is 18.2. The third-order valence-electron chi connectivity index (χ3n) is 4.76. The highest BCUT2D eigenvalue weighted by Gasteiger charge is 2.30. The Labute approximate surface area is 190 Å². The van der Waals surface area contributed by atoms with Crippen molar-refractivity contribution >= 4 is 21.9 Å². The van der Waals surface area contributed by atoms with Crippen LogP contribution in [0.1, 0.15) is 30.0 Å². The first-order valence-corrected chi connectivity index (χ1v) is 11.6. The Bertz CT molecular complexity index is 1050. The number of alkyl halides is 3. The number of rotatable bonds is 10. The van der Waals surface area contributed by atoms with E-state index in [2.05, 4.69) is 4.72 Å². The van der Waals surface area contributed by atoms with Gasteiger partial charge in [0.05, 0.1) is 17.1 Å². The molecule has 0 aliphatic carbocycles. The van der Waals surface area contributed by atoms with Crippen molar-refractivity contribution in [1.82, 2.24) is 9.62 Å². The average molecular weight is 487 g/mol. The largest absolute Gasteiger partial charge is 0.465 e. The Morgan fingerprint density at radius 1 is 1.00 bits per heavy atom. The van der Waals surface area contributed by atoms with Crippen molar-refractivity contribution in [3.8, 4) is 0 Å². The minimum Gasteiger partial charge on any atom is -0.465 e. The smallest absolute Gasteiger partial charge is 0.416 e. The van der Waals surface area contributed by atoms with Crippen LogP contribution >= 0.6 is 0 Å². The first kappa shape index (κ1) is 26.3. The molecule has 0 unspecified atom stereocenters.